The molecule has 88 valence electrons. The molecule has 0 heterocycles. The van der Waals surface area contributed by atoms with Crippen LogP contribution >= 0.6 is 15.9 Å². The Morgan fingerprint density at radius 3 is 2.56 bits per heavy atom. The molecule has 2 heteroatoms. The van der Waals surface area contributed by atoms with Gasteiger partial charge in [0.2, 0.25) is 0 Å². The summed E-state index contributed by atoms with van der Waals surface area (Å²) >= 11 is 3.30. The molecule has 1 aliphatic rings. The SMILES string of the molecule is BrCOc1cccc(C2CCCCCC2)c1. The van der Waals surface area contributed by atoms with Crippen molar-refractivity contribution in [2.75, 3.05) is 5.52 Å². The van der Waals surface area contributed by atoms with E-state index >= 15 is 0 Å². The van der Waals surface area contributed by atoms with Crippen molar-refractivity contribution >= 4 is 15.9 Å². The van der Waals surface area contributed by atoms with Crippen LogP contribution in [-0.2, 0) is 0 Å². The van der Waals surface area contributed by atoms with Crippen LogP contribution in [0.4, 0.5) is 0 Å². The number of alkyl halides is 1. The molecule has 1 fully saturated rings. The van der Waals surface area contributed by atoms with E-state index in [1.54, 1.807) is 0 Å². The molecule has 1 nitrogen and oxygen atoms in total. The van der Waals surface area contributed by atoms with Crippen LogP contribution in [0.15, 0.2) is 24.3 Å². The van der Waals surface area contributed by atoms with Crippen molar-refractivity contribution in [3.63, 3.8) is 0 Å². The van der Waals surface area contributed by atoms with Crippen LogP contribution in [0.2, 0.25) is 0 Å². The van der Waals surface area contributed by atoms with E-state index in [0.717, 1.165) is 11.7 Å². The molecular weight excluding hydrogens is 264 g/mol. The average Bonchev–Trinajstić information content (AvgIpc) is 2.58. The van der Waals surface area contributed by atoms with Crippen LogP contribution in [-0.4, -0.2) is 5.52 Å². The van der Waals surface area contributed by atoms with Gasteiger partial charge >= 0.3 is 0 Å². The summed E-state index contributed by atoms with van der Waals surface area (Å²) in [6, 6.07) is 8.59. The van der Waals surface area contributed by atoms with Crippen molar-refractivity contribution in [1.82, 2.24) is 0 Å². The summed E-state index contributed by atoms with van der Waals surface area (Å²) in [7, 11) is 0. The first-order valence-electron chi connectivity index (χ1n) is 6.19. The zero-order chi connectivity index (χ0) is 11.2. The first-order valence-corrected chi connectivity index (χ1v) is 7.31. The van der Waals surface area contributed by atoms with Gasteiger partial charge in [-0.2, -0.15) is 0 Å². The van der Waals surface area contributed by atoms with E-state index in [9.17, 15) is 0 Å². The Morgan fingerprint density at radius 2 is 1.88 bits per heavy atom. The van der Waals surface area contributed by atoms with Gasteiger partial charge in [-0.3, -0.25) is 0 Å². The number of ether oxygens (including phenoxy) is 1. The zero-order valence-corrected chi connectivity index (χ0v) is 11.2. The number of halogens is 1. The molecule has 0 radical (unpaired) electrons. The Balaban J connectivity index is 2.08. The second kappa shape index (κ2) is 6.29. The normalized spacial score (nSPS) is 18.1. The molecule has 0 atom stereocenters. The minimum Gasteiger partial charge on any atom is -0.482 e. The van der Waals surface area contributed by atoms with Gasteiger partial charge in [0.05, 0.1) is 0 Å². The summed E-state index contributed by atoms with van der Waals surface area (Å²) in [6.45, 7) is 0. The molecule has 0 spiro atoms. The fourth-order valence-electron chi connectivity index (χ4n) is 2.53. The molecule has 1 aromatic rings. The van der Waals surface area contributed by atoms with Gasteiger partial charge in [-0.05, 0) is 52.4 Å². The lowest BCUT2D eigenvalue weighted by atomic mass is 9.92. The van der Waals surface area contributed by atoms with Crippen molar-refractivity contribution < 1.29 is 4.74 Å². The summed E-state index contributed by atoms with van der Waals surface area (Å²) in [6.07, 6.45) is 8.28. The van der Waals surface area contributed by atoms with Crippen molar-refractivity contribution in [3.05, 3.63) is 29.8 Å². The van der Waals surface area contributed by atoms with E-state index in [0.29, 0.717) is 5.52 Å². The highest BCUT2D eigenvalue weighted by atomic mass is 79.9. The molecule has 1 aromatic carbocycles. The smallest absolute Gasteiger partial charge is 0.143 e. The Labute approximate surface area is 106 Å². The lowest BCUT2D eigenvalue weighted by molar-refractivity contribution is 0.396. The number of rotatable bonds is 3. The van der Waals surface area contributed by atoms with Gasteiger partial charge in [-0.25, -0.2) is 0 Å². The maximum absolute atomic E-state index is 5.49. The lowest BCUT2D eigenvalue weighted by Crippen LogP contribution is -1.98. The minimum atomic E-state index is 0.571. The summed E-state index contributed by atoms with van der Waals surface area (Å²) in [5.74, 6) is 1.74. The summed E-state index contributed by atoms with van der Waals surface area (Å²) in [5, 5.41) is 0. The van der Waals surface area contributed by atoms with Gasteiger partial charge in [0.15, 0.2) is 0 Å². The van der Waals surface area contributed by atoms with E-state index in [2.05, 4.69) is 34.1 Å². The predicted molar refractivity (Wildman–Crippen MR) is 71.3 cm³/mol. The van der Waals surface area contributed by atoms with Crippen LogP contribution < -0.4 is 4.74 Å². The largest absolute Gasteiger partial charge is 0.482 e. The van der Waals surface area contributed by atoms with Crippen LogP contribution in [0.25, 0.3) is 0 Å². The van der Waals surface area contributed by atoms with Crippen LogP contribution in [0, 0.1) is 0 Å². The predicted octanol–water partition coefficient (Wildman–Crippen LogP) is 4.86. The monoisotopic (exact) mass is 282 g/mol. The Hall–Kier alpha value is -0.500. The number of benzene rings is 1. The molecular formula is C14H19BrO. The maximum Gasteiger partial charge on any atom is 0.143 e. The molecule has 0 amide bonds. The maximum atomic E-state index is 5.49. The van der Waals surface area contributed by atoms with E-state index in [-0.39, 0.29) is 0 Å². The molecule has 1 saturated carbocycles. The minimum absolute atomic E-state index is 0.571. The molecule has 0 N–H and O–H groups in total. The molecule has 0 saturated heterocycles. The second-order valence-electron chi connectivity index (χ2n) is 4.51. The van der Waals surface area contributed by atoms with Crippen LogP contribution in [0.1, 0.15) is 50.0 Å². The number of hydrogen-bond acceptors (Lipinski definition) is 1. The molecule has 0 unspecified atom stereocenters. The van der Waals surface area contributed by atoms with Crippen molar-refractivity contribution in [3.8, 4) is 5.75 Å². The van der Waals surface area contributed by atoms with Crippen LogP contribution in [0.5, 0.6) is 5.75 Å². The van der Waals surface area contributed by atoms with Gasteiger partial charge < -0.3 is 4.74 Å². The lowest BCUT2D eigenvalue weighted by Gasteiger charge is -2.15. The third-order valence-electron chi connectivity index (χ3n) is 3.41. The molecule has 16 heavy (non-hydrogen) atoms. The van der Waals surface area contributed by atoms with Gasteiger partial charge in [-0.1, -0.05) is 37.8 Å². The van der Waals surface area contributed by atoms with Crippen LogP contribution in [0.3, 0.4) is 0 Å². The second-order valence-corrected chi connectivity index (χ2v) is 4.97. The Morgan fingerprint density at radius 1 is 1.12 bits per heavy atom. The zero-order valence-electron chi connectivity index (χ0n) is 9.62. The standard InChI is InChI=1S/C14H19BrO/c15-11-16-14-9-5-8-13(10-14)12-6-3-1-2-4-7-12/h5,8-10,12H,1-4,6-7,11H2. The molecule has 0 bridgehead atoms. The molecule has 2 rings (SSSR count). The third kappa shape index (κ3) is 3.24. The fraction of sp³-hybridized carbons (Fsp3) is 0.571. The fourth-order valence-corrected chi connectivity index (χ4v) is 2.80. The van der Waals surface area contributed by atoms with Crippen molar-refractivity contribution in [2.24, 2.45) is 0 Å². The van der Waals surface area contributed by atoms with Gasteiger partial charge in [0, 0.05) is 0 Å². The van der Waals surface area contributed by atoms with E-state index in [1.165, 1.54) is 44.1 Å². The summed E-state index contributed by atoms with van der Waals surface area (Å²) in [4.78, 5) is 0. The Kier molecular flexibility index (Phi) is 4.70. The highest BCUT2D eigenvalue weighted by Gasteiger charge is 2.14. The average molecular weight is 283 g/mol. The topological polar surface area (TPSA) is 9.23 Å². The van der Waals surface area contributed by atoms with E-state index in [1.807, 2.05) is 6.07 Å². The first-order chi connectivity index (χ1) is 7.90. The quantitative estimate of drug-likeness (QED) is 0.569. The highest BCUT2D eigenvalue weighted by Crippen LogP contribution is 2.32. The van der Waals surface area contributed by atoms with E-state index < -0.39 is 0 Å². The Bertz CT molecular complexity index is 316. The van der Waals surface area contributed by atoms with Crippen molar-refractivity contribution in [2.45, 2.75) is 44.4 Å². The van der Waals surface area contributed by atoms with Gasteiger partial charge in [0.1, 0.15) is 11.3 Å². The molecule has 0 aromatic heterocycles. The summed E-state index contributed by atoms with van der Waals surface area (Å²) in [5.41, 5.74) is 2.03. The molecule has 1 aliphatic carbocycles. The highest BCUT2D eigenvalue weighted by molar-refractivity contribution is 9.09. The molecule has 0 aliphatic heterocycles. The van der Waals surface area contributed by atoms with Gasteiger partial charge in [0.25, 0.3) is 0 Å². The summed E-state index contributed by atoms with van der Waals surface area (Å²) < 4.78 is 5.49. The van der Waals surface area contributed by atoms with Crippen molar-refractivity contribution in [1.29, 1.82) is 0 Å². The number of hydrogen-bond donors (Lipinski definition) is 0. The van der Waals surface area contributed by atoms with E-state index in [4.69, 9.17) is 4.74 Å². The van der Waals surface area contributed by atoms with Gasteiger partial charge in [-0.15, -0.1) is 0 Å². The first kappa shape index (κ1) is 12.0. The third-order valence-corrected chi connectivity index (χ3v) is 3.63.